The van der Waals surface area contributed by atoms with Crippen molar-refractivity contribution >= 4 is 7.82 Å². The molecule has 0 bridgehead atoms. The molecule has 0 spiro atoms. The van der Waals surface area contributed by atoms with Gasteiger partial charge in [0.2, 0.25) is 0 Å². The second-order valence-corrected chi connectivity index (χ2v) is 17.5. The number of hydrogen-bond donors (Lipinski definition) is 0. The minimum atomic E-state index is -4.38. The van der Waals surface area contributed by atoms with Crippen LogP contribution < -0.4 is 4.89 Å². The highest BCUT2D eigenvalue weighted by molar-refractivity contribution is 7.45. The van der Waals surface area contributed by atoms with Crippen molar-refractivity contribution in [1.82, 2.24) is 0 Å². The van der Waals surface area contributed by atoms with Gasteiger partial charge in [0.1, 0.15) is 19.3 Å². The van der Waals surface area contributed by atoms with E-state index < -0.39 is 13.9 Å². The molecule has 0 aromatic rings. The van der Waals surface area contributed by atoms with E-state index in [4.69, 9.17) is 18.5 Å². The van der Waals surface area contributed by atoms with Crippen LogP contribution in [0.4, 0.5) is 0 Å². The maximum atomic E-state index is 12.4. The highest BCUT2D eigenvalue weighted by atomic mass is 31.2. The van der Waals surface area contributed by atoms with Gasteiger partial charge in [0.25, 0.3) is 7.82 Å². The number of quaternary nitrogens is 1. The van der Waals surface area contributed by atoms with Crippen molar-refractivity contribution in [3.8, 4) is 0 Å². The third-order valence-electron chi connectivity index (χ3n) is 9.73. The lowest BCUT2D eigenvalue weighted by atomic mass is 10.0. The molecule has 0 N–H and O–H groups in total. The zero-order chi connectivity index (χ0) is 36.9. The van der Waals surface area contributed by atoms with Gasteiger partial charge < -0.3 is 27.9 Å². The Morgan fingerprint density at radius 3 is 1.16 bits per heavy atom. The molecule has 302 valence electrons. The van der Waals surface area contributed by atoms with Gasteiger partial charge in [0, 0.05) is 13.2 Å². The van der Waals surface area contributed by atoms with Gasteiger partial charge in [-0.1, -0.05) is 194 Å². The summed E-state index contributed by atoms with van der Waals surface area (Å²) >= 11 is 0. The monoisotopic (exact) mass is 734 g/mol. The summed E-state index contributed by atoms with van der Waals surface area (Å²) in [7, 11) is 1.61. The van der Waals surface area contributed by atoms with E-state index in [1.807, 2.05) is 21.1 Å². The summed E-state index contributed by atoms with van der Waals surface area (Å²) in [6.07, 6.45) is 39.6. The van der Waals surface area contributed by atoms with Crippen molar-refractivity contribution in [2.24, 2.45) is 0 Å². The Balaban J connectivity index is 4.05. The average Bonchev–Trinajstić information content (AvgIpc) is 3.07. The zero-order valence-electron chi connectivity index (χ0n) is 34.4. The van der Waals surface area contributed by atoms with E-state index in [-0.39, 0.29) is 13.2 Å². The summed E-state index contributed by atoms with van der Waals surface area (Å²) in [6.45, 7) is 6.79. The fourth-order valence-electron chi connectivity index (χ4n) is 6.30. The molecule has 0 fully saturated rings. The molecule has 0 aliphatic carbocycles. The summed E-state index contributed by atoms with van der Waals surface area (Å²) in [5.74, 6) is 0. The van der Waals surface area contributed by atoms with Crippen molar-refractivity contribution in [2.75, 3.05) is 60.7 Å². The molecule has 7 nitrogen and oxygen atoms in total. The number of phosphoric ester groups is 1. The fourth-order valence-corrected chi connectivity index (χ4v) is 7.02. The maximum absolute atomic E-state index is 12.4. The Morgan fingerprint density at radius 1 is 0.460 bits per heavy atom. The zero-order valence-corrected chi connectivity index (χ0v) is 35.3. The Hall–Kier alpha value is -0.0100. The van der Waals surface area contributed by atoms with Crippen LogP contribution >= 0.6 is 7.82 Å². The van der Waals surface area contributed by atoms with E-state index in [9.17, 15) is 9.46 Å². The molecule has 0 radical (unpaired) electrons. The number of unbranched alkanes of at least 4 members (excludes halogenated alkanes) is 28. The predicted molar refractivity (Wildman–Crippen MR) is 213 cm³/mol. The highest BCUT2D eigenvalue weighted by Gasteiger charge is 2.18. The van der Waals surface area contributed by atoms with Crippen LogP contribution in [0.1, 0.15) is 206 Å². The van der Waals surface area contributed by atoms with Crippen LogP contribution in [-0.2, 0) is 23.1 Å². The first kappa shape index (κ1) is 50.0. The Bertz CT molecular complexity index is 719. The fraction of sp³-hybridized carbons (Fsp3) is 1.00. The molecule has 0 aliphatic heterocycles. The summed E-state index contributed by atoms with van der Waals surface area (Å²) in [4.78, 5) is 12.4. The Kier molecular flexibility index (Phi) is 37.3. The van der Waals surface area contributed by atoms with Gasteiger partial charge in [-0.3, -0.25) is 4.57 Å². The standard InChI is InChI=1S/C42H88NO6P/c1-6-8-10-12-14-16-18-20-22-23-24-26-28-30-32-34-37-46-40-42(41-49-50(44,45)48-39-36-43(3,4)5)47-38-35-33-31-29-27-25-21-19-17-15-13-11-9-7-2/h42H,6-41H2,1-5H3/t42-/m1/s1. The molecule has 0 rings (SSSR count). The topological polar surface area (TPSA) is 77.1 Å². The minimum absolute atomic E-state index is 0.0668. The molecule has 2 atom stereocenters. The molecule has 8 heteroatoms. The summed E-state index contributed by atoms with van der Waals surface area (Å²) in [6, 6.07) is 0. The van der Waals surface area contributed by atoms with E-state index in [0.29, 0.717) is 30.8 Å². The highest BCUT2D eigenvalue weighted by Crippen LogP contribution is 2.38. The second kappa shape index (κ2) is 37.3. The molecule has 0 aromatic heterocycles. The normalized spacial score (nSPS) is 14.0. The summed E-state index contributed by atoms with van der Waals surface area (Å²) < 4.78 is 35.3. The average molecular weight is 734 g/mol. The first-order valence-corrected chi connectivity index (χ1v) is 23.3. The molecule has 0 saturated heterocycles. The van der Waals surface area contributed by atoms with Crippen LogP contribution in [0.25, 0.3) is 0 Å². The summed E-state index contributed by atoms with van der Waals surface area (Å²) in [5, 5.41) is 0. The summed E-state index contributed by atoms with van der Waals surface area (Å²) in [5.41, 5.74) is 0. The molecule has 0 heterocycles. The Morgan fingerprint density at radius 2 is 0.800 bits per heavy atom. The number of hydrogen-bond acceptors (Lipinski definition) is 6. The van der Waals surface area contributed by atoms with Gasteiger partial charge in [-0.25, -0.2) is 0 Å². The van der Waals surface area contributed by atoms with Crippen LogP contribution in [0.3, 0.4) is 0 Å². The minimum Gasteiger partial charge on any atom is -0.756 e. The van der Waals surface area contributed by atoms with Crippen LogP contribution in [0.5, 0.6) is 0 Å². The van der Waals surface area contributed by atoms with Gasteiger partial charge in [-0.2, -0.15) is 0 Å². The molecular weight excluding hydrogens is 645 g/mol. The molecule has 0 amide bonds. The number of rotatable bonds is 42. The van der Waals surface area contributed by atoms with Crippen molar-refractivity contribution < 1.29 is 32.5 Å². The molecule has 0 aliphatic rings. The SMILES string of the molecule is CCCCCCCCCCCCCCCCCCOC[C@H](COP(=O)([O-])OCC[N+](C)(C)C)OCCCCCCCCCCCCCCCC. The van der Waals surface area contributed by atoms with Crippen molar-refractivity contribution in [3.63, 3.8) is 0 Å². The molecule has 1 unspecified atom stereocenters. The van der Waals surface area contributed by atoms with E-state index >= 15 is 0 Å². The lowest BCUT2D eigenvalue weighted by Crippen LogP contribution is -2.37. The number of phosphoric acid groups is 1. The number of ether oxygens (including phenoxy) is 2. The predicted octanol–water partition coefficient (Wildman–Crippen LogP) is 12.3. The van der Waals surface area contributed by atoms with Crippen LogP contribution in [0, 0.1) is 0 Å². The van der Waals surface area contributed by atoms with Crippen molar-refractivity contribution in [1.29, 1.82) is 0 Å². The van der Waals surface area contributed by atoms with E-state index in [1.54, 1.807) is 0 Å². The van der Waals surface area contributed by atoms with E-state index in [0.717, 1.165) is 19.3 Å². The lowest BCUT2D eigenvalue weighted by Gasteiger charge is -2.28. The van der Waals surface area contributed by atoms with Crippen molar-refractivity contribution in [3.05, 3.63) is 0 Å². The van der Waals surface area contributed by atoms with Crippen LogP contribution in [-0.4, -0.2) is 71.3 Å². The van der Waals surface area contributed by atoms with Crippen LogP contribution in [0.2, 0.25) is 0 Å². The largest absolute Gasteiger partial charge is 0.756 e. The smallest absolute Gasteiger partial charge is 0.268 e. The van der Waals surface area contributed by atoms with Crippen molar-refractivity contribution in [2.45, 2.75) is 213 Å². The van der Waals surface area contributed by atoms with Gasteiger partial charge >= 0.3 is 0 Å². The molecule has 0 aromatic carbocycles. The molecular formula is C42H88NO6P. The first-order chi connectivity index (χ1) is 24.2. The quantitative estimate of drug-likeness (QED) is 0.0353. The third-order valence-corrected chi connectivity index (χ3v) is 10.7. The Labute approximate surface area is 312 Å². The molecule has 0 saturated carbocycles. The van der Waals surface area contributed by atoms with E-state index in [1.165, 1.54) is 173 Å². The second-order valence-electron chi connectivity index (χ2n) is 16.1. The number of likely N-dealkylation sites (N-methyl/N-ethyl adjacent to an activating group) is 1. The van der Waals surface area contributed by atoms with Crippen LogP contribution in [0.15, 0.2) is 0 Å². The first-order valence-electron chi connectivity index (χ1n) is 21.8. The van der Waals surface area contributed by atoms with Gasteiger partial charge in [-0.15, -0.1) is 0 Å². The lowest BCUT2D eigenvalue weighted by molar-refractivity contribution is -0.870. The van der Waals surface area contributed by atoms with E-state index in [2.05, 4.69) is 13.8 Å². The maximum Gasteiger partial charge on any atom is 0.268 e. The third kappa shape index (κ3) is 40.8. The van der Waals surface area contributed by atoms with Gasteiger partial charge in [0.15, 0.2) is 0 Å². The van der Waals surface area contributed by atoms with Gasteiger partial charge in [0.05, 0.1) is 34.4 Å². The number of nitrogens with zero attached hydrogens (tertiary/aromatic N) is 1. The van der Waals surface area contributed by atoms with Gasteiger partial charge in [-0.05, 0) is 12.8 Å². The molecule has 50 heavy (non-hydrogen) atoms.